The number of nitrogens with zero attached hydrogens (tertiary/aromatic N) is 3. The summed E-state index contributed by atoms with van der Waals surface area (Å²) >= 11 is 37.6. The van der Waals surface area contributed by atoms with E-state index in [2.05, 4.69) is 95.4 Å². The van der Waals surface area contributed by atoms with E-state index in [-0.39, 0.29) is 0 Å². The Balaban J connectivity index is 0. The molecule has 0 unspecified atom stereocenters. The van der Waals surface area contributed by atoms with Crippen LogP contribution in [0.2, 0.25) is 10.3 Å². The van der Waals surface area contributed by atoms with Gasteiger partial charge in [0.25, 0.3) is 3.25 Å². The molecule has 4 rings (SSSR count). The van der Waals surface area contributed by atoms with Crippen molar-refractivity contribution in [3.63, 3.8) is 0 Å². The van der Waals surface area contributed by atoms with Gasteiger partial charge in [-0.1, -0.05) is 122 Å². The zero-order valence-corrected chi connectivity index (χ0v) is 28.1. The number of pyridine rings is 2. The molecule has 3 nitrogen and oxygen atoms in total. The van der Waals surface area contributed by atoms with Crippen LogP contribution < -0.4 is 0 Å². The number of fused-ring (bicyclic) bond motifs is 2. The largest absolute Gasteiger partial charge is 0 e. The van der Waals surface area contributed by atoms with Crippen molar-refractivity contribution in [2.75, 3.05) is 0 Å². The Kier molecular flexibility index (Phi) is 26.0. The molecule has 2 aromatic heterocycles. The minimum absolute atomic E-state index is 0.549. The van der Waals surface area contributed by atoms with Crippen molar-refractivity contribution in [2.45, 2.75) is 15.5 Å². The summed E-state index contributed by atoms with van der Waals surface area (Å²) in [7, 11) is 28.3. The summed E-state index contributed by atoms with van der Waals surface area (Å²) in [5, 5.41) is 4.24. The molecule has 0 aliphatic carbocycles. The third kappa shape index (κ3) is 22.7. The minimum Gasteiger partial charge on any atom is 0 e. The van der Waals surface area contributed by atoms with Crippen LogP contribution in [0.1, 0.15) is 11.1 Å². The molecule has 194 valence electrons. The van der Waals surface area contributed by atoms with Crippen LogP contribution in [0.4, 0.5) is 0 Å². The van der Waals surface area contributed by atoms with Crippen LogP contribution in [0.5, 0.6) is 0 Å². The molecule has 40 heavy (non-hydrogen) atoms. The van der Waals surface area contributed by atoms with Crippen molar-refractivity contribution >= 4 is 180 Å². The number of rotatable bonds is 1. The standard InChI is InChI=1S/C10H7BrClN.C10H8ClN.CCl4.B4.B3.BHNS/c11-6-7-5-10(12)13-9-4-2-1-3-8(7)9;1-7-6-10(11)12-9-5-3-2-4-8(7)9;2-1(3,4)5;1-4(2)3;1-3-2;1-2-3/h1-5H,6H2;2-6H,1H3;;;;3H. The molecule has 0 atom stereocenters. The van der Waals surface area contributed by atoms with Crippen molar-refractivity contribution in [2.24, 2.45) is 4.30 Å². The van der Waals surface area contributed by atoms with E-state index in [0.717, 1.165) is 28.8 Å². The maximum Gasteiger partial charge on any atom is 0 e. The number of halogens is 7. The Morgan fingerprint density at radius 3 is 1.60 bits per heavy atom. The van der Waals surface area contributed by atoms with E-state index in [1.165, 1.54) is 16.5 Å². The Bertz CT molecular complexity index is 1270. The van der Waals surface area contributed by atoms with Crippen LogP contribution in [0.25, 0.3) is 21.8 Å². The number of thiol groups is 1. The van der Waals surface area contributed by atoms with E-state index < -0.39 is 9.64 Å². The maximum absolute atomic E-state index is 5.87. The zero-order valence-electron chi connectivity index (χ0n) is 21.0. The second-order valence-electron chi connectivity index (χ2n) is 6.85. The summed E-state index contributed by atoms with van der Waals surface area (Å²) in [5.74, 6) is 0. The van der Waals surface area contributed by atoms with Gasteiger partial charge in [-0.2, -0.15) is 0 Å². The normalized spacial score (nSPS) is 9.30. The van der Waals surface area contributed by atoms with Gasteiger partial charge in [-0.15, -0.1) is 0 Å². The number of hydrogen-bond acceptors (Lipinski definition) is 4. The van der Waals surface area contributed by atoms with Gasteiger partial charge < -0.3 is 0 Å². The Labute approximate surface area is 289 Å². The SMILES string of the molecule is Cc1cc(Cl)nc2ccccc12.ClC(Cl)(Cl)Cl.Clc1cc(CBr)c2ccccc2n1.[B]=NS.[B]B([B])[B].[B][B][B]. The smallest absolute Gasteiger partial charge is 0 e. The maximum atomic E-state index is 5.87. The Morgan fingerprint density at radius 2 is 1.20 bits per heavy atom. The first-order valence-corrected chi connectivity index (χ1v) is 14.4. The van der Waals surface area contributed by atoms with Crippen molar-refractivity contribution in [1.82, 2.24) is 9.97 Å². The molecule has 0 saturated carbocycles. The average Bonchev–Trinajstić information content (AvgIpc) is 2.83. The molecule has 12 radical (unpaired) electrons. The predicted molar refractivity (Wildman–Crippen MR) is 194 cm³/mol. The fourth-order valence-corrected chi connectivity index (χ4v) is 3.57. The van der Waals surface area contributed by atoms with Crippen LogP contribution in [0.15, 0.2) is 65.0 Å². The van der Waals surface area contributed by atoms with E-state index in [0.29, 0.717) is 10.3 Å². The topological polar surface area (TPSA) is 38.1 Å². The number of para-hydroxylation sites is 2. The van der Waals surface area contributed by atoms with Crippen LogP contribution in [0.3, 0.4) is 0 Å². The molecular formula is C21H16B8BrCl6N3S. The molecule has 0 amide bonds. The van der Waals surface area contributed by atoms with Crippen LogP contribution in [0, 0.1) is 6.92 Å². The minimum atomic E-state index is -1.61. The summed E-state index contributed by atoms with van der Waals surface area (Å²) < 4.78 is 1.08. The number of alkyl halides is 5. The molecule has 2 heterocycles. The van der Waals surface area contributed by atoms with Gasteiger partial charge in [0.1, 0.15) is 10.3 Å². The van der Waals surface area contributed by atoms with Crippen molar-refractivity contribution < 1.29 is 0 Å². The van der Waals surface area contributed by atoms with Crippen molar-refractivity contribution in [1.29, 1.82) is 0 Å². The van der Waals surface area contributed by atoms with E-state index in [9.17, 15) is 0 Å². The molecule has 0 aliphatic heterocycles. The van der Waals surface area contributed by atoms with E-state index in [1.807, 2.05) is 61.5 Å². The number of aromatic nitrogens is 2. The summed E-state index contributed by atoms with van der Waals surface area (Å²) in [5.41, 5.74) is 4.26. The van der Waals surface area contributed by atoms with Crippen molar-refractivity contribution in [3.8, 4) is 0 Å². The van der Waals surface area contributed by atoms with Gasteiger partial charge in [-0.3, -0.25) is 0 Å². The second kappa shape index (κ2) is 24.6. The molecule has 0 N–H and O–H groups in total. The Morgan fingerprint density at radius 1 is 0.875 bits per heavy atom. The molecule has 0 spiro atoms. The summed E-state index contributed by atoms with van der Waals surface area (Å²) in [6.07, 6.45) is -0.667. The van der Waals surface area contributed by atoms with Crippen molar-refractivity contribution in [3.05, 3.63) is 82.1 Å². The summed E-state index contributed by atoms with van der Waals surface area (Å²) in [6, 6.07) is 19.7. The monoisotopic (exact) mass is 719 g/mol. The quantitative estimate of drug-likeness (QED) is 0.0992. The first-order valence-electron chi connectivity index (χ1n) is 10.6. The second-order valence-corrected chi connectivity index (χ2v) is 11.8. The summed E-state index contributed by atoms with van der Waals surface area (Å²) in [6.45, 7) is 2.04. The Hall–Kier alpha value is 0.149. The third-order valence-corrected chi connectivity index (χ3v) is 4.80. The molecule has 2 aromatic carbocycles. The average molecular weight is 722 g/mol. The fourth-order valence-electron chi connectivity index (χ4n) is 2.63. The number of benzene rings is 2. The van der Waals surface area contributed by atoms with Crippen LogP contribution >= 0.6 is 98.4 Å². The van der Waals surface area contributed by atoms with Crippen LogP contribution in [-0.4, -0.2) is 73.0 Å². The van der Waals surface area contributed by atoms with Gasteiger partial charge in [0, 0.05) is 68.2 Å². The number of aryl methyl sites for hydroxylation is 1. The zero-order chi connectivity index (χ0) is 31.3. The molecule has 0 fully saturated rings. The molecule has 0 bridgehead atoms. The van der Waals surface area contributed by atoms with Gasteiger partial charge in [0.05, 0.1) is 11.0 Å². The third-order valence-electron chi connectivity index (χ3n) is 3.81. The van der Waals surface area contributed by atoms with E-state index >= 15 is 0 Å². The van der Waals surface area contributed by atoms with Gasteiger partial charge >= 0.3 is 24.8 Å². The molecule has 0 saturated heterocycles. The summed E-state index contributed by atoms with van der Waals surface area (Å²) in [4.78, 5) is 8.43. The fraction of sp³-hybridized carbons (Fsp3) is 0.143. The first kappa shape index (κ1) is 42.3. The molecule has 4 aromatic rings. The van der Waals surface area contributed by atoms with Crippen LogP contribution in [-0.2, 0) is 5.33 Å². The van der Waals surface area contributed by atoms with Gasteiger partial charge in [-0.05, 0) is 42.3 Å². The molecule has 19 heteroatoms. The van der Waals surface area contributed by atoms with Gasteiger partial charge in [-0.25, -0.2) is 9.97 Å². The predicted octanol–water partition coefficient (Wildman–Crippen LogP) is 7.05. The molecular weight excluding hydrogens is 705 g/mol. The van der Waals surface area contributed by atoms with Gasteiger partial charge in [0.2, 0.25) is 0 Å². The number of hydrogen-bond donors (Lipinski definition) is 1. The molecule has 0 aliphatic rings. The first-order chi connectivity index (χ1) is 18.6. The van der Waals surface area contributed by atoms with Gasteiger partial charge in [0.15, 0.2) is 0 Å². The van der Waals surface area contributed by atoms with E-state index in [1.54, 1.807) is 0 Å². The van der Waals surface area contributed by atoms with E-state index in [4.69, 9.17) is 69.6 Å².